The minimum Gasteiger partial charge on any atom is -0.380 e. The molecule has 0 fully saturated rings. The summed E-state index contributed by atoms with van der Waals surface area (Å²) in [4.78, 5) is 20.0. The minimum absolute atomic E-state index is 0.128. The number of hydrogen-bond acceptors (Lipinski definition) is 4. The zero-order valence-corrected chi connectivity index (χ0v) is 17.9. The van der Waals surface area contributed by atoms with Crippen molar-refractivity contribution in [1.82, 2.24) is 10.3 Å². The highest BCUT2D eigenvalue weighted by molar-refractivity contribution is 9.10. The Hall–Kier alpha value is -2.70. The van der Waals surface area contributed by atoms with Crippen molar-refractivity contribution < 1.29 is 9.53 Å². The van der Waals surface area contributed by atoms with E-state index in [4.69, 9.17) is 9.72 Å². The quantitative estimate of drug-likeness (QED) is 0.607. The van der Waals surface area contributed by atoms with Crippen molar-refractivity contribution in [2.75, 3.05) is 12.0 Å². The molecule has 1 amide bonds. The number of hydrogen-bond donors (Lipinski definition) is 1. The number of amides is 1. The lowest BCUT2D eigenvalue weighted by Crippen LogP contribution is -2.47. The Bertz CT molecular complexity index is 1020. The second-order valence-corrected chi connectivity index (χ2v) is 8.01. The lowest BCUT2D eigenvalue weighted by molar-refractivity contribution is 0.0919. The predicted octanol–water partition coefficient (Wildman–Crippen LogP) is 4.75. The molecule has 0 saturated carbocycles. The molecule has 2 aromatic carbocycles. The van der Waals surface area contributed by atoms with Gasteiger partial charge in [-0.15, -0.1) is 0 Å². The smallest absolute Gasteiger partial charge is 0.257 e. The van der Waals surface area contributed by atoms with Gasteiger partial charge >= 0.3 is 0 Å². The van der Waals surface area contributed by atoms with Crippen LogP contribution in [0.25, 0.3) is 0 Å². The molecule has 6 heteroatoms. The molecule has 4 rings (SSSR count). The summed E-state index contributed by atoms with van der Waals surface area (Å²) in [5, 5.41) is 3.17. The van der Waals surface area contributed by atoms with E-state index >= 15 is 0 Å². The molecule has 0 spiro atoms. The van der Waals surface area contributed by atoms with E-state index in [9.17, 15) is 4.79 Å². The summed E-state index contributed by atoms with van der Waals surface area (Å²) in [6.07, 6.45) is -0.312. The fourth-order valence-electron chi connectivity index (χ4n) is 3.70. The van der Waals surface area contributed by atoms with Crippen molar-refractivity contribution in [1.29, 1.82) is 0 Å². The highest BCUT2D eigenvalue weighted by atomic mass is 79.9. The Morgan fingerprint density at radius 2 is 1.86 bits per heavy atom. The van der Waals surface area contributed by atoms with E-state index in [-0.39, 0.29) is 12.1 Å². The molecular formula is C23H22BrN3O2. The number of carbonyl (C=O) groups excluding carboxylic acids is 1. The van der Waals surface area contributed by atoms with Gasteiger partial charge in [0.25, 0.3) is 5.91 Å². The third-order valence-corrected chi connectivity index (χ3v) is 5.50. The monoisotopic (exact) mass is 451 g/mol. The summed E-state index contributed by atoms with van der Waals surface area (Å²) >= 11 is 3.49. The Morgan fingerprint density at radius 1 is 1.14 bits per heavy atom. The van der Waals surface area contributed by atoms with Crippen molar-refractivity contribution in [3.63, 3.8) is 0 Å². The number of carbonyl (C=O) groups is 1. The molecule has 0 saturated heterocycles. The molecular weight excluding hydrogens is 430 g/mol. The first-order chi connectivity index (χ1) is 14.1. The van der Waals surface area contributed by atoms with Crippen LogP contribution in [0.4, 0.5) is 5.82 Å². The number of fused-ring (bicyclic) bond motifs is 1. The van der Waals surface area contributed by atoms with Gasteiger partial charge in [-0.05, 0) is 41.8 Å². The van der Waals surface area contributed by atoms with E-state index in [0.717, 1.165) is 26.9 Å². The van der Waals surface area contributed by atoms with Gasteiger partial charge in [0, 0.05) is 23.8 Å². The number of halogens is 1. The molecule has 1 aliphatic rings. The van der Waals surface area contributed by atoms with Crippen molar-refractivity contribution in [2.45, 2.75) is 26.2 Å². The van der Waals surface area contributed by atoms with Gasteiger partial charge in [0.05, 0.1) is 12.2 Å². The first kappa shape index (κ1) is 19.6. The predicted molar refractivity (Wildman–Crippen MR) is 117 cm³/mol. The second kappa shape index (κ2) is 8.35. The van der Waals surface area contributed by atoms with E-state index in [2.05, 4.69) is 38.3 Å². The van der Waals surface area contributed by atoms with Crippen LogP contribution in [0.15, 0.2) is 65.1 Å². The maximum atomic E-state index is 13.1. The molecule has 1 atom stereocenters. The van der Waals surface area contributed by atoms with E-state index in [0.29, 0.717) is 24.5 Å². The average molecular weight is 452 g/mol. The van der Waals surface area contributed by atoms with E-state index < -0.39 is 0 Å². The molecule has 0 aliphatic carbocycles. The number of rotatable bonds is 5. The molecule has 0 unspecified atom stereocenters. The van der Waals surface area contributed by atoms with Crippen LogP contribution in [0.1, 0.15) is 38.9 Å². The van der Waals surface area contributed by atoms with Crippen LogP contribution in [0.2, 0.25) is 0 Å². The first-order valence-electron chi connectivity index (χ1n) is 9.43. The number of anilines is 1. The zero-order chi connectivity index (χ0) is 20.4. The number of nitrogens with one attached hydrogen (secondary N) is 1. The number of aromatic nitrogens is 1. The Labute approximate surface area is 178 Å². The van der Waals surface area contributed by atoms with Crippen LogP contribution >= 0.6 is 15.9 Å². The SMILES string of the molecule is COCc1cc(C)nc2c1C(=O)N[C@H](c1ccc(Br)cc1)N2Cc1ccccc1. The van der Waals surface area contributed by atoms with Crippen LogP contribution in [0.5, 0.6) is 0 Å². The minimum atomic E-state index is -0.312. The second-order valence-electron chi connectivity index (χ2n) is 7.10. The summed E-state index contributed by atoms with van der Waals surface area (Å²) in [6, 6.07) is 20.1. The van der Waals surface area contributed by atoms with Crippen molar-refractivity contribution >= 4 is 27.7 Å². The highest BCUT2D eigenvalue weighted by Gasteiger charge is 2.35. The number of ether oxygens (including phenoxy) is 1. The van der Waals surface area contributed by atoms with Crippen LogP contribution in [0.3, 0.4) is 0 Å². The van der Waals surface area contributed by atoms with Gasteiger partial charge in [-0.25, -0.2) is 4.98 Å². The van der Waals surface area contributed by atoms with E-state index in [1.165, 1.54) is 0 Å². The Kier molecular flexibility index (Phi) is 5.65. The summed E-state index contributed by atoms with van der Waals surface area (Å²) < 4.78 is 6.34. The highest BCUT2D eigenvalue weighted by Crippen LogP contribution is 2.35. The Morgan fingerprint density at radius 3 is 2.55 bits per heavy atom. The number of methoxy groups -OCH3 is 1. The number of pyridine rings is 1. The molecule has 1 aromatic heterocycles. The molecule has 29 heavy (non-hydrogen) atoms. The summed E-state index contributed by atoms with van der Waals surface area (Å²) in [6.45, 7) is 2.93. The van der Waals surface area contributed by atoms with E-state index in [1.807, 2.05) is 55.5 Å². The summed E-state index contributed by atoms with van der Waals surface area (Å²) in [5.41, 5.74) is 4.44. The summed E-state index contributed by atoms with van der Waals surface area (Å²) in [7, 11) is 1.63. The fraction of sp³-hybridized carbons (Fsp3) is 0.217. The molecule has 0 radical (unpaired) electrons. The molecule has 148 valence electrons. The van der Waals surface area contributed by atoms with Gasteiger partial charge in [0.2, 0.25) is 0 Å². The van der Waals surface area contributed by atoms with Gasteiger partial charge in [0.1, 0.15) is 12.0 Å². The molecule has 2 heterocycles. The molecule has 3 aromatic rings. The topological polar surface area (TPSA) is 54.5 Å². The lowest BCUT2D eigenvalue weighted by Gasteiger charge is -2.39. The van der Waals surface area contributed by atoms with Crippen LogP contribution in [-0.4, -0.2) is 18.0 Å². The average Bonchev–Trinajstić information content (AvgIpc) is 2.71. The lowest BCUT2D eigenvalue weighted by atomic mass is 10.0. The van der Waals surface area contributed by atoms with Gasteiger partial charge in [-0.3, -0.25) is 4.79 Å². The molecule has 1 N–H and O–H groups in total. The zero-order valence-electron chi connectivity index (χ0n) is 16.4. The normalized spacial score (nSPS) is 15.8. The fourth-order valence-corrected chi connectivity index (χ4v) is 3.96. The molecule has 5 nitrogen and oxygen atoms in total. The van der Waals surface area contributed by atoms with Crippen molar-refractivity contribution in [3.05, 3.63) is 93.1 Å². The largest absolute Gasteiger partial charge is 0.380 e. The molecule has 1 aliphatic heterocycles. The van der Waals surface area contributed by atoms with Gasteiger partial charge in [-0.1, -0.05) is 58.4 Å². The number of aryl methyl sites for hydroxylation is 1. The summed E-state index contributed by atoms with van der Waals surface area (Å²) in [5.74, 6) is 0.564. The first-order valence-corrected chi connectivity index (χ1v) is 10.2. The van der Waals surface area contributed by atoms with Crippen molar-refractivity contribution in [3.8, 4) is 0 Å². The van der Waals surface area contributed by atoms with Gasteiger partial charge in [0.15, 0.2) is 0 Å². The van der Waals surface area contributed by atoms with Crippen LogP contribution < -0.4 is 10.2 Å². The number of benzene rings is 2. The third-order valence-electron chi connectivity index (χ3n) is 4.97. The third kappa shape index (κ3) is 4.04. The van der Waals surface area contributed by atoms with Gasteiger partial charge < -0.3 is 15.0 Å². The maximum absolute atomic E-state index is 13.1. The standard InChI is InChI=1S/C23H22BrN3O2/c1-15-12-18(14-29-2)20-22(25-15)27(13-16-6-4-3-5-7-16)21(26-23(20)28)17-8-10-19(24)11-9-17/h3-12,21H,13-14H2,1-2H3,(H,26,28)/t21-/m0/s1. The van der Waals surface area contributed by atoms with E-state index in [1.54, 1.807) is 7.11 Å². The number of nitrogens with zero attached hydrogens (tertiary/aromatic N) is 2. The van der Waals surface area contributed by atoms with Crippen LogP contribution in [-0.2, 0) is 17.9 Å². The van der Waals surface area contributed by atoms with Crippen LogP contribution in [0, 0.1) is 6.92 Å². The maximum Gasteiger partial charge on any atom is 0.257 e. The van der Waals surface area contributed by atoms with Gasteiger partial charge in [-0.2, -0.15) is 0 Å². The molecule has 0 bridgehead atoms. The van der Waals surface area contributed by atoms with Crippen molar-refractivity contribution in [2.24, 2.45) is 0 Å². The Balaban J connectivity index is 1.85.